The minimum Gasteiger partial charge on any atom is -0.309 e. The maximum absolute atomic E-state index is 9.92. The van der Waals surface area contributed by atoms with E-state index in [2.05, 4.69) is 195 Å². The largest absolute Gasteiger partial charge is 0.309 e. The molecule has 3 aromatic heterocycles. The van der Waals surface area contributed by atoms with Crippen LogP contribution in [0.1, 0.15) is 61.8 Å². The van der Waals surface area contributed by atoms with Gasteiger partial charge in [-0.1, -0.05) is 107 Å². The maximum atomic E-state index is 9.92. The van der Waals surface area contributed by atoms with Gasteiger partial charge in [0.25, 0.3) is 0 Å². The second-order valence-corrected chi connectivity index (χ2v) is 16.3. The number of benzene rings is 7. The van der Waals surface area contributed by atoms with Crippen LogP contribution >= 0.6 is 0 Å². The predicted octanol–water partition coefficient (Wildman–Crippen LogP) is 14.3. The van der Waals surface area contributed by atoms with Crippen LogP contribution in [0.5, 0.6) is 0 Å². The molecule has 7 aromatic carbocycles. The summed E-state index contributed by atoms with van der Waals surface area (Å²) >= 11 is 0. The fraction of sp³-hybridized carbons (Fsp3) is 0.109. The topological polar surface area (TPSA) is 70.3 Å². The van der Waals surface area contributed by atoms with Crippen LogP contribution < -0.4 is 0 Å². The summed E-state index contributed by atoms with van der Waals surface area (Å²) in [5.41, 5.74) is 15.5. The summed E-state index contributed by atoms with van der Waals surface area (Å²) in [5.74, 6) is 0.881. The molecule has 0 saturated carbocycles. The summed E-state index contributed by atoms with van der Waals surface area (Å²) in [7, 11) is 0. The van der Waals surface area contributed by atoms with E-state index in [4.69, 9.17) is 4.98 Å². The van der Waals surface area contributed by atoms with Gasteiger partial charge in [-0.2, -0.15) is 10.5 Å². The van der Waals surface area contributed by atoms with E-state index in [1.807, 2.05) is 6.07 Å². The fourth-order valence-corrected chi connectivity index (χ4v) is 8.72. The number of nitriles is 2. The van der Waals surface area contributed by atoms with E-state index >= 15 is 0 Å². The van der Waals surface area contributed by atoms with Gasteiger partial charge in [-0.15, -0.1) is 0 Å². The molecule has 0 saturated heterocycles. The van der Waals surface area contributed by atoms with Crippen molar-refractivity contribution in [1.82, 2.24) is 14.1 Å². The molecule has 5 heteroatoms. The molecule has 0 fully saturated rings. The van der Waals surface area contributed by atoms with Gasteiger partial charge in [0, 0.05) is 44.0 Å². The molecule has 0 aliphatic rings. The standard InChI is InChI=1S/C55H41N5/c1-34(2)38-19-25-54-48(28-38)46-9-5-7-11-52(46)59(54)44-21-15-36(16-22-44)50-30-42(40-13-14-41(32-56)43(27-40)33-57)31-51(58-50)37-17-23-45(24-18-37)60-53-12-8-6-10-47(53)49-29-39(35(3)4)20-26-55(49)60/h5-31,34-35H,1-4H3. The lowest BCUT2D eigenvalue weighted by atomic mass is 9.97. The molecule has 0 aliphatic heterocycles. The van der Waals surface area contributed by atoms with E-state index in [0.717, 1.165) is 45.0 Å². The van der Waals surface area contributed by atoms with Gasteiger partial charge in [0.05, 0.1) is 44.6 Å². The third-order valence-electron chi connectivity index (χ3n) is 12.0. The van der Waals surface area contributed by atoms with Crippen LogP contribution in [-0.4, -0.2) is 14.1 Å². The zero-order valence-corrected chi connectivity index (χ0v) is 34.0. The third kappa shape index (κ3) is 6.11. The number of para-hydroxylation sites is 2. The zero-order valence-electron chi connectivity index (χ0n) is 34.0. The first-order chi connectivity index (χ1) is 29.3. The molecule has 60 heavy (non-hydrogen) atoms. The molecule has 0 spiro atoms. The average Bonchev–Trinajstić information content (AvgIpc) is 3.81. The Morgan fingerprint density at radius 1 is 0.400 bits per heavy atom. The van der Waals surface area contributed by atoms with Gasteiger partial charge >= 0.3 is 0 Å². The molecule has 0 unspecified atom stereocenters. The Hall–Kier alpha value is -7.73. The first-order valence-electron chi connectivity index (χ1n) is 20.5. The quantitative estimate of drug-likeness (QED) is 0.162. The number of hydrogen-bond acceptors (Lipinski definition) is 3. The maximum Gasteiger partial charge on any atom is 0.101 e. The van der Waals surface area contributed by atoms with Crippen molar-refractivity contribution < 1.29 is 0 Å². The Balaban J connectivity index is 1.08. The Labute approximate surface area is 349 Å². The molecule has 0 aliphatic carbocycles. The van der Waals surface area contributed by atoms with Crippen LogP contribution in [0.25, 0.3) is 88.6 Å². The highest BCUT2D eigenvalue weighted by atomic mass is 15.0. The van der Waals surface area contributed by atoms with Crippen LogP contribution in [0.2, 0.25) is 0 Å². The van der Waals surface area contributed by atoms with Crippen LogP contribution in [0.3, 0.4) is 0 Å². The summed E-state index contributed by atoms with van der Waals surface area (Å²) < 4.78 is 4.69. The summed E-state index contributed by atoms with van der Waals surface area (Å²) in [5, 5.41) is 24.6. The van der Waals surface area contributed by atoms with Gasteiger partial charge in [-0.3, -0.25) is 0 Å². The molecule has 0 bridgehead atoms. The normalized spacial score (nSPS) is 11.6. The van der Waals surface area contributed by atoms with E-state index in [9.17, 15) is 10.5 Å². The Kier molecular flexibility index (Phi) is 8.89. The lowest BCUT2D eigenvalue weighted by Crippen LogP contribution is -1.96. The second kappa shape index (κ2) is 14.6. The van der Waals surface area contributed by atoms with Crippen molar-refractivity contribution >= 4 is 43.6 Å². The predicted molar refractivity (Wildman–Crippen MR) is 247 cm³/mol. The number of aromatic nitrogens is 3. The first kappa shape index (κ1) is 36.6. The van der Waals surface area contributed by atoms with Crippen molar-refractivity contribution in [2.75, 3.05) is 0 Å². The second-order valence-electron chi connectivity index (χ2n) is 16.3. The monoisotopic (exact) mass is 771 g/mol. The van der Waals surface area contributed by atoms with Crippen molar-refractivity contribution in [2.24, 2.45) is 0 Å². The van der Waals surface area contributed by atoms with E-state index in [0.29, 0.717) is 23.0 Å². The fourth-order valence-electron chi connectivity index (χ4n) is 8.72. The van der Waals surface area contributed by atoms with E-state index in [-0.39, 0.29) is 0 Å². The number of fused-ring (bicyclic) bond motifs is 6. The SMILES string of the molecule is CC(C)c1ccc2c(c1)c1ccccc1n2-c1ccc(-c2cc(-c3ccc(C#N)c(C#N)c3)cc(-c3ccc(-n4c5ccccc5c5cc(C(C)C)ccc54)cc3)n2)cc1. The minimum absolute atomic E-state index is 0.349. The molecule has 0 atom stereocenters. The highest BCUT2D eigenvalue weighted by Gasteiger charge is 2.17. The molecule has 10 aromatic rings. The first-order valence-corrected chi connectivity index (χ1v) is 20.5. The van der Waals surface area contributed by atoms with Gasteiger partial charge in [0.15, 0.2) is 0 Å². The molecule has 0 amide bonds. The van der Waals surface area contributed by atoms with Gasteiger partial charge in [0.2, 0.25) is 0 Å². The lowest BCUT2D eigenvalue weighted by molar-refractivity contribution is 0.868. The number of nitrogens with zero attached hydrogens (tertiary/aromatic N) is 5. The van der Waals surface area contributed by atoms with Gasteiger partial charge in [-0.25, -0.2) is 4.98 Å². The van der Waals surface area contributed by atoms with Crippen molar-refractivity contribution in [2.45, 2.75) is 39.5 Å². The average molecular weight is 772 g/mol. The van der Waals surface area contributed by atoms with Crippen molar-refractivity contribution in [3.63, 3.8) is 0 Å². The van der Waals surface area contributed by atoms with Gasteiger partial charge in [0.1, 0.15) is 12.1 Å². The summed E-state index contributed by atoms with van der Waals surface area (Å²) in [6.07, 6.45) is 0. The van der Waals surface area contributed by atoms with Crippen LogP contribution in [0, 0.1) is 22.7 Å². The summed E-state index contributed by atoms with van der Waals surface area (Å²) in [6.45, 7) is 8.95. The molecular weight excluding hydrogens is 731 g/mol. The number of rotatable bonds is 7. The lowest BCUT2D eigenvalue weighted by Gasteiger charge is -2.13. The summed E-state index contributed by atoms with van der Waals surface area (Å²) in [6, 6.07) is 62.1. The van der Waals surface area contributed by atoms with Gasteiger partial charge < -0.3 is 9.13 Å². The van der Waals surface area contributed by atoms with Crippen LogP contribution in [-0.2, 0) is 0 Å². The zero-order chi connectivity index (χ0) is 41.1. The Morgan fingerprint density at radius 3 is 1.28 bits per heavy atom. The molecule has 10 rings (SSSR count). The van der Waals surface area contributed by atoms with Crippen molar-refractivity contribution in [3.8, 4) is 57.2 Å². The number of hydrogen-bond donors (Lipinski definition) is 0. The van der Waals surface area contributed by atoms with Gasteiger partial charge in [-0.05, 0) is 119 Å². The van der Waals surface area contributed by atoms with E-state index in [1.54, 1.807) is 12.1 Å². The van der Waals surface area contributed by atoms with Crippen LogP contribution in [0.4, 0.5) is 0 Å². The third-order valence-corrected chi connectivity index (χ3v) is 12.0. The Bertz CT molecular complexity index is 3200. The molecule has 286 valence electrons. The minimum atomic E-state index is 0.349. The van der Waals surface area contributed by atoms with Crippen molar-refractivity contribution in [1.29, 1.82) is 10.5 Å². The molecule has 5 nitrogen and oxygen atoms in total. The van der Waals surface area contributed by atoms with Crippen molar-refractivity contribution in [3.05, 3.63) is 186 Å². The highest BCUT2D eigenvalue weighted by Crippen LogP contribution is 2.38. The molecule has 0 N–H and O–H groups in total. The number of pyridine rings is 1. The summed E-state index contributed by atoms with van der Waals surface area (Å²) in [4.78, 5) is 5.28. The van der Waals surface area contributed by atoms with E-state index < -0.39 is 0 Å². The molecular formula is C55H41N5. The smallest absolute Gasteiger partial charge is 0.101 e. The van der Waals surface area contributed by atoms with Crippen LogP contribution in [0.15, 0.2) is 164 Å². The molecule has 0 radical (unpaired) electrons. The van der Waals surface area contributed by atoms with E-state index in [1.165, 1.54) is 54.7 Å². The molecule has 3 heterocycles. The highest BCUT2D eigenvalue weighted by molar-refractivity contribution is 6.10. The Morgan fingerprint density at radius 2 is 0.833 bits per heavy atom.